The lowest BCUT2D eigenvalue weighted by atomic mass is 10.0. The van der Waals surface area contributed by atoms with Crippen molar-refractivity contribution in [2.24, 2.45) is 11.5 Å². The van der Waals surface area contributed by atoms with Crippen molar-refractivity contribution in [3.8, 4) is 5.75 Å². The number of hydrogen-bond donors (Lipinski definition) is 2. The zero-order chi connectivity index (χ0) is 13.5. The van der Waals surface area contributed by atoms with Crippen molar-refractivity contribution in [3.05, 3.63) is 65.7 Å². The minimum atomic E-state index is -0.0722. The molecule has 0 amide bonds. The number of rotatable bonds is 6. The molecule has 2 aromatic rings. The van der Waals surface area contributed by atoms with Crippen LogP contribution in [0.3, 0.4) is 0 Å². The van der Waals surface area contributed by atoms with Crippen LogP contribution in [0.25, 0.3) is 0 Å². The summed E-state index contributed by atoms with van der Waals surface area (Å²) in [6, 6.07) is 17.9. The second-order valence-electron chi connectivity index (χ2n) is 4.50. The van der Waals surface area contributed by atoms with Crippen LogP contribution in [-0.2, 0) is 6.61 Å². The summed E-state index contributed by atoms with van der Waals surface area (Å²) >= 11 is 0. The van der Waals surface area contributed by atoms with Gasteiger partial charge in [-0.2, -0.15) is 0 Å². The molecule has 1 atom stereocenters. The fourth-order valence-corrected chi connectivity index (χ4v) is 1.99. The quantitative estimate of drug-likeness (QED) is 0.835. The van der Waals surface area contributed by atoms with Gasteiger partial charge in [-0.1, -0.05) is 48.5 Å². The van der Waals surface area contributed by atoms with Crippen LogP contribution < -0.4 is 16.2 Å². The third-order valence-corrected chi connectivity index (χ3v) is 3.03. The summed E-state index contributed by atoms with van der Waals surface area (Å²) in [7, 11) is 0. The lowest BCUT2D eigenvalue weighted by molar-refractivity contribution is 0.300. The molecule has 0 saturated carbocycles. The zero-order valence-electron chi connectivity index (χ0n) is 11.0. The summed E-state index contributed by atoms with van der Waals surface area (Å²) in [4.78, 5) is 0. The van der Waals surface area contributed by atoms with Crippen LogP contribution in [0.1, 0.15) is 23.6 Å². The molecule has 100 valence electrons. The number of nitrogens with two attached hydrogens (primary N) is 2. The first-order valence-corrected chi connectivity index (χ1v) is 6.52. The van der Waals surface area contributed by atoms with Gasteiger partial charge in [0.05, 0.1) is 0 Å². The van der Waals surface area contributed by atoms with Crippen LogP contribution >= 0.6 is 0 Å². The van der Waals surface area contributed by atoms with Crippen molar-refractivity contribution in [2.75, 3.05) is 6.54 Å². The topological polar surface area (TPSA) is 61.3 Å². The van der Waals surface area contributed by atoms with Gasteiger partial charge in [-0.15, -0.1) is 0 Å². The van der Waals surface area contributed by atoms with E-state index >= 15 is 0 Å². The Kier molecular flexibility index (Phi) is 4.95. The Morgan fingerprint density at radius 3 is 2.37 bits per heavy atom. The SMILES string of the molecule is NCC[C@@H](N)c1ccccc1OCc1ccccc1. The fourth-order valence-electron chi connectivity index (χ4n) is 1.99. The van der Waals surface area contributed by atoms with Crippen molar-refractivity contribution in [3.63, 3.8) is 0 Å². The fraction of sp³-hybridized carbons (Fsp3) is 0.250. The van der Waals surface area contributed by atoms with Crippen LogP contribution in [0.15, 0.2) is 54.6 Å². The van der Waals surface area contributed by atoms with Gasteiger partial charge in [0.15, 0.2) is 0 Å². The molecule has 2 aromatic carbocycles. The maximum absolute atomic E-state index is 6.12. The van der Waals surface area contributed by atoms with E-state index in [0.717, 1.165) is 23.3 Å². The highest BCUT2D eigenvalue weighted by Gasteiger charge is 2.10. The molecule has 0 aromatic heterocycles. The number of para-hydroxylation sites is 1. The van der Waals surface area contributed by atoms with E-state index in [4.69, 9.17) is 16.2 Å². The predicted molar refractivity (Wildman–Crippen MR) is 77.8 cm³/mol. The molecule has 0 spiro atoms. The second kappa shape index (κ2) is 6.92. The number of benzene rings is 2. The molecular weight excluding hydrogens is 236 g/mol. The average Bonchev–Trinajstić information content (AvgIpc) is 2.47. The Bertz CT molecular complexity index is 499. The lowest BCUT2D eigenvalue weighted by Gasteiger charge is -2.16. The first kappa shape index (κ1) is 13.6. The molecule has 0 bridgehead atoms. The standard InChI is InChI=1S/C16H20N2O/c17-11-10-15(18)14-8-4-5-9-16(14)19-12-13-6-2-1-3-7-13/h1-9,15H,10-12,17-18H2/t15-/m1/s1. The normalized spacial score (nSPS) is 12.1. The summed E-state index contributed by atoms with van der Waals surface area (Å²) in [5.74, 6) is 0.840. The van der Waals surface area contributed by atoms with E-state index in [2.05, 4.69) is 0 Å². The van der Waals surface area contributed by atoms with Gasteiger partial charge >= 0.3 is 0 Å². The molecular formula is C16H20N2O. The predicted octanol–water partition coefficient (Wildman–Crippen LogP) is 2.61. The third kappa shape index (κ3) is 3.81. The summed E-state index contributed by atoms with van der Waals surface area (Å²) in [6.45, 7) is 1.13. The van der Waals surface area contributed by atoms with Crippen LogP contribution in [0, 0.1) is 0 Å². The van der Waals surface area contributed by atoms with Gasteiger partial charge in [0.1, 0.15) is 12.4 Å². The Hall–Kier alpha value is -1.84. The van der Waals surface area contributed by atoms with Gasteiger partial charge in [0.2, 0.25) is 0 Å². The van der Waals surface area contributed by atoms with E-state index in [-0.39, 0.29) is 6.04 Å². The Morgan fingerprint density at radius 1 is 0.947 bits per heavy atom. The maximum atomic E-state index is 6.12. The first-order chi connectivity index (χ1) is 9.31. The minimum Gasteiger partial charge on any atom is -0.489 e. The number of hydrogen-bond acceptors (Lipinski definition) is 3. The molecule has 4 N–H and O–H groups in total. The molecule has 0 aliphatic rings. The van der Waals surface area contributed by atoms with E-state index in [1.165, 1.54) is 0 Å². The van der Waals surface area contributed by atoms with Crippen molar-refractivity contribution in [1.82, 2.24) is 0 Å². The molecule has 2 rings (SSSR count). The van der Waals surface area contributed by atoms with E-state index in [0.29, 0.717) is 13.2 Å². The van der Waals surface area contributed by atoms with Crippen LogP contribution in [0.4, 0.5) is 0 Å². The van der Waals surface area contributed by atoms with Gasteiger partial charge in [-0.3, -0.25) is 0 Å². The summed E-state index contributed by atoms with van der Waals surface area (Å²) in [5, 5.41) is 0. The molecule has 3 nitrogen and oxygen atoms in total. The highest BCUT2D eigenvalue weighted by Crippen LogP contribution is 2.25. The number of ether oxygens (including phenoxy) is 1. The summed E-state index contributed by atoms with van der Waals surface area (Å²) in [6.07, 6.45) is 0.756. The van der Waals surface area contributed by atoms with Crippen LogP contribution in [-0.4, -0.2) is 6.54 Å². The molecule has 0 unspecified atom stereocenters. The molecule has 0 radical (unpaired) electrons. The van der Waals surface area contributed by atoms with Gasteiger partial charge in [-0.25, -0.2) is 0 Å². The highest BCUT2D eigenvalue weighted by atomic mass is 16.5. The highest BCUT2D eigenvalue weighted by molar-refractivity contribution is 5.36. The van der Waals surface area contributed by atoms with Crippen molar-refractivity contribution in [2.45, 2.75) is 19.1 Å². The lowest BCUT2D eigenvalue weighted by Crippen LogP contribution is -2.16. The molecule has 0 aliphatic carbocycles. The second-order valence-corrected chi connectivity index (χ2v) is 4.50. The molecule has 19 heavy (non-hydrogen) atoms. The summed E-state index contributed by atoms with van der Waals surface area (Å²) in [5.41, 5.74) is 13.8. The Balaban J connectivity index is 2.07. The van der Waals surface area contributed by atoms with E-state index < -0.39 is 0 Å². The molecule has 0 heterocycles. The van der Waals surface area contributed by atoms with Crippen LogP contribution in [0.2, 0.25) is 0 Å². The zero-order valence-corrected chi connectivity index (χ0v) is 11.0. The van der Waals surface area contributed by atoms with Crippen molar-refractivity contribution < 1.29 is 4.74 Å². The molecule has 3 heteroatoms. The average molecular weight is 256 g/mol. The minimum absolute atomic E-state index is 0.0722. The monoisotopic (exact) mass is 256 g/mol. The largest absolute Gasteiger partial charge is 0.489 e. The van der Waals surface area contributed by atoms with Crippen molar-refractivity contribution >= 4 is 0 Å². The molecule has 0 aliphatic heterocycles. The van der Waals surface area contributed by atoms with Gasteiger partial charge < -0.3 is 16.2 Å². The smallest absolute Gasteiger partial charge is 0.124 e. The van der Waals surface area contributed by atoms with Gasteiger partial charge in [-0.05, 0) is 24.6 Å². The third-order valence-electron chi connectivity index (χ3n) is 3.03. The molecule has 0 saturated heterocycles. The van der Waals surface area contributed by atoms with Gasteiger partial charge in [0, 0.05) is 11.6 Å². The van der Waals surface area contributed by atoms with E-state index in [1.807, 2.05) is 54.6 Å². The Morgan fingerprint density at radius 2 is 1.63 bits per heavy atom. The van der Waals surface area contributed by atoms with Crippen molar-refractivity contribution in [1.29, 1.82) is 0 Å². The first-order valence-electron chi connectivity index (χ1n) is 6.52. The van der Waals surface area contributed by atoms with E-state index in [9.17, 15) is 0 Å². The van der Waals surface area contributed by atoms with Gasteiger partial charge in [0.25, 0.3) is 0 Å². The van der Waals surface area contributed by atoms with Crippen LogP contribution in [0.5, 0.6) is 5.75 Å². The summed E-state index contributed by atoms with van der Waals surface area (Å²) < 4.78 is 5.87. The molecule has 0 fully saturated rings. The Labute approximate surface area is 114 Å². The van der Waals surface area contributed by atoms with E-state index in [1.54, 1.807) is 0 Å². The maximum Gasteiger partial charge on any atom is 0.124 e.